The molecule has 0 radical (unpaired) electrons. The Morgan fingerprint density at radius 2 is 1.85 bits per heavy atom. The maximum Gasteiger partial charge on any atom is 0.170 e. The lowest BCUT2D eigenvalue weighted by molar-refractivity contribution is 0.0365. The molecule has 5 rings (SSSR count). The first-order valence-electron chi connectivity index (χ1n) is 11.7. The van der Waals surface area contributed by atoms with Gasteiger partial charge in [-0.3, -0.25) is 9.88 Å². The van der Waals surface area contributed by atoms with E-state index in [1.165, 1.54) is 11.3 Å². The smallest absolute Gasteiger partial charge is 0.170 e. The average molecular weight is 462 g/mol. The zero-order valence-corrected chi connectivity index (χ0v) is 19.9. The number of benzene rings is 1. The minimum atomic E-state index is 0.00110. The predicted molar refractivity (Wildman–Crippen MR) is 135 cm³/mol. The molecule has 172 valence electrons. The molecular formula is C26H31N5OS. The van der Waals surface area contributed by atoms with Gasteiger partial charge in [-0.1, -0.05) is 23.8 Å². The van der Waals surface area contributed by atoms with Crippen LogP contribution in [-0.2, 0) is 4.74 Å². The Bertz CT molecular complexity index is 1060. The van der Waals surface area contributed by atoms with Gasteiger partial charge in [-0.05, 0) is 62.0 Å². The summed E-state index contributed by atoms with van der Waals surface area (Å²) >= 11 is 5.86. The number of rotatable bonds is 7. The fraction of sp³-hybridized carbons (Fsp3) is 0.385. The number of aryl methyl sites for hydroxylation is 1. The van der Waals surface area contributed by atoms with E-state index in [0.29, 0.717) is 0 Å². The number of nitrogens with zero attached hydrogens (tertiary/aromatic N) is 4. The molecule has 2 aliphatic rings. The van der Waals surface area contributed by atoms with Crippen LogP contribution in [0.25, 0.3) is 5.69 Å². The number of ether oxygens (including phenoxy) is 1. The Labute approximate surface area is 201 Å². The van der Waals surface area contributed by atoms with Crippen molar-refractivity contribution in [3.63, 3.8) is 0 Å². The Kier molecular flexibility index (Phi) is 6.71. The summed E-state index contributed by atoms with van der Waals surface area (Å²) in [6, 6.07) is 19.2. The van der Waals surface area contributed by atoms with E-state index < -0.39 is 0 Å². The number of hydrogen-bond donors (Lipinski definition) is 1. The van der Waals surface area contributed by atoms with Crippen LogP contribution in [0.5, 0.6) is 0 Å². The Hall–Kier alpha value is -2.74. The molecule has 0 amide bonds. The highest BCUT2D eigenvalue weighted by Crippen LogP contribution is 2.39. The Morgan fingerprint density at radius 1 is 1.03 bits per heavy atom. The maximum absolute atomic E-state index is 5.86. The largest absolute Gasteiger partial charge is 0.379 e. The second kappa shape index (κ2) is 10.0. The molecule has 2 atom stereocenters. The van der Waals surface area contributed by atoms with E-state index in [9.17, 15) is 0 Å². The SMILES string of the molecule is Cc1ccc(-n2cccc2[C@H]2[C@H](c3ccccn3)NC(=S)N2CCCN2CCOCC2)cc1. The van der Waals surface area contributed by atoms with Crippen LogP contribution in [0.2, 0.25) is 0 Å². The third kappa shape index (κ3) is 4.81. The van der Waals surface area contributed by atoms with E-state index >= 15 is 0 Å². The summed E-state index contributed by atoms with van der Waals surface area (Å²) in [6.45, 7) is 7.76. The Balaban J connectivity index is 1.44. The van der Waals surface area contributed by atoms with Gasteiger partial charge in [0.25, 0.3) is 0 Å². The van der Waals surface area contributed by atoms with Gasteiger partial charge in [0.1, 0.15) is 0 Å². The number of nitrogens with one attached hydrogen (secondary N) is 1. The predicted octanol–water partition coefficient (Wildman–Crippen LogP) is 3.88. The highest BCUT2D eigenvalue weighted by molar-refractivity contribution is 7.80. The average Bonchev–Trinajstić information content (AvgIpc) is 3.45. The summed E-state index contributed by atoms with van der Waals surface area (Å²) in [7, 11) is 0. The van der Waals surface area contributed by atoms with Crippen molar-refractivity contribution in [2.24, 2.45) is 0 Å². The van der Waals surface area contributed by atoms with E-state index in [-0.39, 0.29) is 12.1 Å². The van der Waals surface area contributed by atoms with Gasteiger partial charge < -0.3 is 19.5 Å². The van der Waals surface area contributed by atoms with E-state index in [1.807, 2.05) is 18.3 Å². The lowest BCUT2D eigenvalue weighted by Gasteiger charge is -2.31. The molecule has 6 nitrogen and oxygen atoms in total. The molecule has 33 heavy (non-hydrogen) atoms. The zero-order chi connectivity index (χ0) is 22.6. The molecule has 1 aromatic carbocycles. The summed E-state index contributed by atoms with van der Waals surface area (Å²) in [5, 5.41) is 4.38. The van der Waals surface area contributed by atoms with Gasteiger partial charge in [0, 0.05) is 50.0 Å². The monoisotopic (exact) mass is 461 g/mol. The van der Waals surface area contributed by atoms with Crippen molar-refractivity contribution in [3.05, 3.63) is 83.9 Å². The first-order chi connectivity index (χ1) is 16.2. The second-order valence-electron chi connectivity index (χ2n) is 8.77. The third-order valence-electron chi connectivity index (χ3n) is 6.57. The first kappa shape index (κ1) is 22.1. The molecule has 0 aliphatic carbocycles. The van der Waals surface area contributed by atoms with Gasteiger partial charge in [0.15, 0.2) is 5.11 Å². The number of aromatic nitrogens is 2. The molecule has 2 aliphatic heterocycles. The van der Waals surface area contributed by atoms with Crippen molar-refractivity contribution in [2.45, 2.75) is 25.4 Å². The lowest BCUT2D eigenvalue weighted by Crippen LogP contribution is -2.39. The van der Waals surface area contributed by atoms with Crippen LogP contribution in [0, 0.1) is 6.92 Å². The minimum absolute atomic E-state index is 0.00110. The standard InChI is InChI=1S/C26H31N5OS/c1-20-8-10-21(11-9-20)30-14-4-7-23(30)25-24(22-6-2-3-12-27-22)28-26(33)31(25)15-5-13-29-16-18-32-19-17-29/h2-4,6-12,14,24-25H,5,13,15-19H2,1H3,(H,28,33)/t24-,25-/m0/s1. The van der Waals surface area contributed by atoms with Crippen LogP contribution in [0.3, 0.4) is 0 Å². The van der Waals surface area contributed by atoms with E-state index in [0.717, 1.165) is 62.3 Å². The molecule has 2 aromatic heterocycles. The number of morpholine rings is 1. The van der Waals surface area contributed by atoms with Crippen molar-refractivity contribution < 1.29 is 4.74 Å². The minimum Gasteiger partial charge on any atom is -0.379 e. The van der Waals surface area contributed by atoms with Crippen LogP contribution in [0.4, 0.5) is 0 Å². The molecule has 0 bridgehead atoms. The molecule has 0 saturated carbocycles. The van der Waals surface area contributed by atoms with Crippen molar-refractivity contribution in [2.75, 3.05) is 39.4 Å². The second-order valence-corrected chi connectivity index (χ2v) is 9.15. The molecule has 0 unspecified atom stereocenters. The summed E-state index contributed by atoms with van der Waals surface area (Å²) in [5.74, 6) is 0. The van der Waals surface area contributed by atoms with Crippen molar-refractivity contribution >= 4 is 17.3 Å². The van der Waals surface area contributed by atoms with Crippen LogP contribution in [0.1, 0.15) is 35.5 Å². The van der Waals surface area contributed by atoms with Crippen molar-refractivity contribution in [1.29, 1.82) is 0 Å². The van der Waals surface area contributed by atoms with Gasteiger partial charge in [0.05, 0.1) is 31.0 Å². The van der Waals surface area contributed by atoms with E-state index in [1.54, 1.807) is 0 Å². The molecule has 1 N–H and O–H groups in total. The van der Waals surface area contributed by atoms with Gasteiger partial charge in [0.2, 0.25) is 0 Å². The van der Waals surface area contributed by atoms with Crippen LogP contribution >= 0.6 is 12.2 Å². The molecule has 3 aromatic rings. The third-order valence-corrected chi connectivity index (χ3v) is 6.92. The summed E-state index contributed by atoms with van der Waals surface area (Å²) < 4.78 is 7.78. The van der Waals surface area contributed by atoms with Gasteiger partial charge >= 0.3 is 0 Å². The van der Waals surface area contributed by atoms with Crippen molar-refractivity contribution in [3.8, 4) is 5.69 Å². The van der Waals surface area contributed by atoms with Gasteiger partial charge in [-0.25, -0.2) is 0 Å². The fourth-order valence-electron chi connectivity index (χ4n) is 4.83. The maximum atomic E-state index is 5.86. The van der Waals surface area contributed by atoms with Crippen LogP contribution in [0.15, 0.2) is 67.0 Å². The molecule has 2 fully saturated rings. The van der Waals surface area contributed by atoms with Crippen molar-refractivity contribution in [1.82, 2.24) is 24.7 Å². The summed E-state index contributed by atoms with van der Waals surface area (Å²) in [6.07, 6.45) is 5.05. The summed E-state index contributed by atoms with van der Waals surface area (Å²) in [5.41, 5.74) is 4.64. The Morgan fingerprint density at radius 3 is 2.61 bits per heavy atom. The molecule has 2 saturated heterocycles. The normalized spacial score (nSPS) is 21.4. The quantitative estimate of drug-likeness (QED) is 0.539. The highest BCUT2D eigenvalue weighted by Gasteiger charge is 2.41. The fourth-order valence-corrected chi connectivity index (χ4v) is 5.16. The van der Waals surface area contributed by atoms with Crippen LogP contribution in [-0.4, -0.2) is 63.9 Å². The number of hydrogen-bond acceptors (Lipinski definition) is 4. The zero-order valence-electron chi connectivity index (χ0n) is 19.1. The van der Waals surface area contributed by atoms with Gasteiger partial charge in [-0.15, -0.1) is 0 Å². The highest BCUT2D eigenvalue weighted by atomic mass is 32.1. The number of thiocarbonyl (C=S) groups is 1. The number of pyridine rings is 1. The van der Waals surface area contributed by atoms with Crippen LogP contribution < -0.4 is 5.32 Å². The lowest BCUT2D eigenvalue weighted by atomic mass is 10.0. The van der Waals surface area contributed by atoms with E-state index in [4.69, 9.17) is 17.0 Å². The molecule has 7 heteroatoms. The first-order valence-corrected chi connectivity index (χ1v) is 12.1. The molecule has 0 spiro atoms. The van der Waals surface area contributed by atoms with E-state index in [2.05, 4.69) is 80.3 Å². The summed E-state index contributed by atoms with van der Waals surface area (Å²) in [4.78, 5) is 9.52. The topological polar surface area (TPSA) is 45.6 Å². The molecule has 4 heterocycles. The van der Waals surface area contributed by atoms with Gasteiger partial charge in [-0.2, -0.15) is 0 Å². The molecular weight excluding hydrogens is 430 g/mol.